The van der Waals surface area contributed by atoms with Crippen molar-refractivity contribution in [2.45, 2.75) is 26.6 Å². The molecule has 0 fully saturated rings. The van der Waals surface area contributed by atoms with Crippen LogP contribution in [0, 0.1) is 0 Å². The number of ether oxygens (including phenoxy) is 3. The van der Waals surface area contributed by atoms with Gasteiger partial charge in [-0.3, -0.25) is 0 Å². The molecule has 0 bridgehead atoms. The summed E-state index contributed by atoms with van der Waals surface area (Å²) >= 11 is 3.44. The van der Waals surface area contributed by atoms with Gasteiger partial charge in [-0.25, -0.2) is 0 Å². The van der Waals surface area contributed by atoms with E-state index in [9.17, 15) is 0 Å². The SMILES string of the molecule is CCOC(CCOc1ccccc1Br)OCC. The molecular weight excluding hydrogens is 284 g/mol. The van der Waals surface area contributed by atoms with Crippen molar-refractivity contribution >= 4 is 15.9 Å². The van der Waals surface area contributed by atoms with Gasteiger partial charge in [0.1, 0.15) is 5.75 Å². The summed E-state index contributed by atoms with van der Waals surface area (Å²) < 4.78 is 17.5. The fourth-order valence-electron chi connectivity index (χ4n) is 1.41. The Kier molecular flexibility index (Phi) is 7.24. The molecule has 0 aliphatic heterocycles. The highest BCUT2D eigenvalue weighted by molar-refractivity contribution is 9.10. The van der Waals surface area contributed by atoms with E-state index < -0.39 is 0 Å². The zero-order valence-electron chi connectivity index (χ0n) is 10.3. The van der Waals surface area contributed by atoms with E-state index in [1.807, 2.05) is 38.1 Å². The van der Waals surface area contributed by atoms with E-state index in [1.54, 1.807) is 0 Å². The summed E-state index contributed by atoms with van der Waals surface area (Å²) in [6.45, 7) is 5.80. The van der Waals surface area contributed by atoms with Gasteiger partial charge in [0, 0.05) is 19.6 Å². The fourth-order valence-corrected chi connectivity index (χ4v) is 1.81. The molecule has 17 heavy (non-hydrogen) atoms. The summed E-state index contributed by atoms with van der Waals surface area (Å²) in [7, 11) is 0. The van der Waals surface area contributed by atoms with E-state index in [0.717, 1.165) is 16.6 Å². The first-order valence-corrected chi connectivity index (χ1v) is 6.67. The summed E-state index contributed by atoms with van der Waals surface area (Å²) in [5.74, 6) is 0.847. The molecule has 0 radical (unpaired) electrons. The van der Waals surface area contributed by atoms with Crippen LogP contribution < -0.4 is 4.74 Å². The van der Waals surface area contributed by atoms with Crippen molar-refractivity contribution in [3.63, 3.8) is 0 Å². The monoisotopic (exact) mass is 302 g/mol. The van der Waals surface area contributed by atoms with Gasteiger partial charge in [-0.05, 0) is 41.9 Å². The Morgan fingerprint density at radius 3 is 2.35 bits per heavy atom. The molecule has 0 heterocycles. The standard InChI is InChI=1S/C13H19BrO3/c1-3-15-13(16-4-2)9-10-17-12-8-6-5-7-11(12)14/h5-8,13H,3-4,9-10H2,1-2H3. The lowest BCUT2D eigenvalue weighted by Gasteiger charge is -2.17. The first-order chi connectivity index (χ1) is 8.27. The maximum atomic E-state index is 5.65. The van der Waals surface area contributed by atoms with Crippen LogP contribution >= 0.6 is 15.9 Å². The van der Waals surface area contributed by atoms with E-state index in [-0.39, 0.29) is 6.29 Å². The minimum Gasteiger partial charge on any atom is -0.492 e. The second kappa shape index (κ2) is 8.50. The van der Waals surface area contributed by atoms with Crippen molar-refractivity contribution in [2.75, 3.05) is 19.8 Å². The smallest absolute Gasteiger partial charge is 0.160 e. The number of rotatable bonds is 8. The van der Waals surface area contributed by atoms with Crippen molar-refractivity contribution in [1.29, 1.82) is 0 Å². The Hall–Kier alpha value is -0.580. The molecule has 1 rings (SSSR count). The van der Waals surface area contributed by atoms with Gasteiger partial charge < -0.3 is 14.2 Å². The first-order valence-electron chi connectivity index (χ1n) is 5.88. The van der Waals surface area contributed by atoms with E-state index >= 15 is 0 Å². The van der Waals surface area contributed by atoms with Gasteiger partial charge in [0.2, 0.25) is 0 Å². The molecule has 0 amide bonds. The maximum Gasteiger partial charge on any atom is 0.160 e. The molecule has 4 heteroatoms. The number of benzene rings is 1. The van der Waals surface area contributed by atoms with E-state index in [4.69, 9.17) is 14.2 Å². The summed E-state index contributed by atoms with van der Waals surface area (Å²) in [5, 5.41) is 0. The molecule has 1 aromatic rings. The maximum absolute atomic E-state index is 5.65. The van der Waals surface area contributed by atoms with Crippen LogP contribution in [0.25, 0.3) is 0 Å². The topological polar surface area (TPSA) is 27.7 Å². The molecule has 1 aromatic carbocycles. The molecular formula is C13H19BrO3. The molecule has 0 atom stereocenters. The lowest BCUT2D eigenvalue weighted by Crippen LogP contribution is -2.20. The normalized spacial score (nSPS) is 10.8. The third-order valence-electron chi connectivity index (χ3n) is 2.15. The fraction of sp³-hybridized carbons (Fsp3) is 0.538. The zero-order chi connectivity index (χ0) is 12.5. The van der Waals surface area contributed by atoms with Crippen LogP contribution in [0.15, 0.2) is 28.7 Å². The van der Waals surface area contributed by atoms with Gasteiger partial charge in [-0.15, -0.1) is 0 Å². The summed E-state index contributed by atoms with van der Waals surface area (Å²) in [6.07, 6.45) is 0.552. The average Bonchev–Trinajstić information content (AvgIpc) is 2.32. The van der Waals surface area contributed by atoms with Crippen LogP contribution in [-0.4, -0.2) is 26.1 Å². The van der Waals surface area contributed by atoms with Crippen LogP contribution in [0.3, 0.4) is 0 Å². The number of hydrogen-bond donors (Lipinski definition) is 0. The van der Waals surface area contributed by atoms with Crippen molar-refractivity contribution in [2.24, 2.45) is 0 Å². The van der Waals surface area contributed by atoms with Gasteiger partial charge in [-0.1, -0.05) is 12.1 Å². The predicted molar refractivity (Wildman–Crippen MR) is 71.3 cm³/mol. The molecule has 0 unspecified atom stereocenters. The van der Waals surface area contributed by atoms with Crippen molar-refractivity contribution < 1.29 is 14.2 Å². The van der Waals surface area contributed by atoms with Crippen LogP contribution in [0.2, 0.25) is 0 Å². The van der Waals surface area contributed by atoms with Crippen molar-refractivity contribution in [1.82, 2.24) is 0 Å². The van der Waals surface area contributed by atoms with Gasteiger partial charge in [-0.2, -0.15) is 0 Å². The van der Waals surface area contributed by atoms with Gasteiger partial charge in [0.15, 0.2) is 6.29 Å². The highest BCUT2D eigenvalue weighted by Crippen LogP contribution is 2.23. The van der Waals surface area contributed by atoms with Crippen molar-refractivity contribution in [3.8, 4) is 5.75 Å². The van der Waals surface area contributed by atoms with E-state index in [0.29, 0.717) is 19.8 Å². The number of hydrogen-bond acceptors (Lipinski definition) is 3. The van der Waals surface area contributed by atoms with Crippen LogP contribution in [0.5, 0.6) is 5.75 Å². The molecule has 0 saturated carbocycles. The molecule has 0 spiro atoms. The van der Waals surface area contributed by atoms with Crippen LogP contribution in [0.4, 0.5) is 0 Å². The molecule has 0 aliphatic carbocycles. The minimum absolute atomic E-state index is 0.174. The number of halogens is 1. The first kappa shape index (κ1) is 14.5. The second-order valence-electron chi connectivity index (χ2n) is 3.41. The highest BCUT2D eigenvalue weighted by atomic mass is 79.9. The quantitative estimate of drug-likeness (QED) is 0.687. The van der Waals surface area contributed by atoms with E-state index in [1.165, 1.54) is 0 Å². The molecule has 0 saturated heterocycles. The molecule has 3 nitrogen and oxygen atoms in total. The second-order valence-corrected chi connectivity index (χ2v) is 4.26. The lowest BCUT2D eigenvalue weighted by atomic mass is 10.3. The largest absolute Gasteiger partial charge is 0.492 e. The summed E-state index contributed by atoms with van der Waals surface area (Å²) in [5.41, 5.74) is 0. The molecule has 0 aromatic heterocycles. The zero-order valence-corrected chi connectivity index (χ0v) is 11.9. The Morgan fingerprint density at radius 1 is 1.12 bits per heavy atom. The number of para-hydroxylation sites is 1. The van der Waals surface area contributed by atoms with Gasteiger partial charge >= 0.3 is 0 Å². The third-order valence-corrected chi connectivity index (χ3v) is 2.81. The Balaban J connectivity index is 2.33. The van der Waals surface area contributed by atoms with Gasteiger partial charge in [0.05, 0.1) is 11.1 Å². The summed E-state index contributed by atoms with van der Waals surface area (Å²) in [6, 6.07) is 7.79. The lowest BCUT2D eigenvalue weighted by molar-refractivity contribution is -0.142. The third kappa shape index (κ3) is 5.52. The van der Waals surface area contributed by atoms with Crippen LogP contribution in [-0.2, 0) is 9.47 Å². The molecule has 0 N–H and O–H groups in total. The predicted octanol–water partition coefficient (Wildman–Crippen LogP) is 3.62. The van der Waals surface area contributed by atoms with Crippen molar-refractivity contribution in [3.05, 3.63) is 28.7 Å². The van der Waals surface area contributed by atoms with E-state index in [2.05, 4.69) is 15.9 Å². The Labute approximate surface area is 111 Å². The minimum atomic E-state index is -0.174. The Morgan fingerprint density at radius 2 is 1.76 bits per heavy atom. The molecule has 0 aliphatic rings. The highest BCUT2D eigenvalue weighted by Gasteiger charge is 2.08. The Bertz CT molecular complexity index is 311. The van der Waals surface area contributed by atoms with Crippen LogP contribution in [0.1, 0.15) is 20.3 Å². The average molecular weight is 303 g/mol. The molecule has 96 valence electrons. The summed E-state index contributed by atoms with van der Waals surface area (Å²) in [4.78, 5) is 0. The van der Waals surface area contributed by atoms with Gasteiger partial charge in [0.25, 0.3) is 0 Å².